The Morgan fingerprint density at radius 2 is 2.07 bits per heavy atom. The fraction of sp³-hybridized carbons (Fsp3) is 0.111. The van der Waals surface area contributed by atoms with Crippen molar-refractivity contribution in [3.63, 3.8) is 0 Å². The van der Waals surface area contributed by atoms with Gasteiger partial charge in [0.15, 0.2) is 0 Å². The number of carbonyl (C=O) groups excluding carboxylic acids is 1. The molecule has 0 aliphatic heterocycles. The van der Waals surface area contributed by atoms with Crippen LogP contribution in [0.3, 0.4) is 0 Å². The molecule has 0 aliphatic carbocycles. The summed E-state index contributed by atoms with van der Waals surface area (Å²) < 4.78 is 37.0. The van der Waals surface area contributed by atoms with Gasteiger partial charge in [-0.15, -0.1) is 0 Å². The van der Waals surface area contributed by atoms with E-state index in [1.807, 2.05) is 0 Å². The molecule has 0 saturated heterocycles. The van der Waals surface area contributed by atoms with Crippen LogP contribution in [0.5, 0.6) is 0 Å². The minimum Gasteiger partial charge on any atom is -0.299 e. The Morgan fingerprint density at radius 3 is 2.64 bits per heavy atom. The Hall–Kier alpha value is -1.65. The summed E-state index contributed by atoms with van der Waals surface area (Å²) in [7, 11) is 0. The predicted octanol–water partition coefficient (Wildman–Crippen LogP) is 2.31. The third-order valence-corrected chi connectivity index (χ3v) is 1.51. The first-order valence-corrected chi connectivity index (χ1v) is 3.69. The largest absolute Gasteiger partial charge is 0.417 e. The maximum Gasteiger partial charge on any atom is 0.417 e. The summed E-state index contributed by atoms with van der Waals surface area (Å²) >= 11 is 0. The number of hydrogen-bond acceptors (Lipinski definition) is 2. The van der Waals surface area contributed by atoms with Crippen molar-refractivity contribution in [1.82, 2.24) is 4.98 Å². The summed E-state index contributed by atoms with van der Waals surface area (Å²) in [6.45, 7) is 0. The van der Waals surface area contributed by atoms with E-state index in [1.165, 1.54) is 0 Å². The second kappa shape index (κ2) is 4.04. The van der Waals surface area contributed by atoms with Gasteiger partial charge in [-0.3, -0.25) is 9.78 Å². The lowest BCUT2D eigenvalue weighted by Crippen LogP contribution is -2.07. The minimum absolute atomic E-state index is 0.118. The van der Waals surface area contributed by atoms with E-state index in [0.29, 0.717) is 6.29 Å². The number of allylic oxidation sites excluding steroid dienone is 1. The molecule has 0 N–H and O–H groups in total. The molecule has 0 bridgehead atoms. The van der Waals surface area contributed by atoms with E-state index in [4.69, 9.17) is 0 Å². The Kier molecular flexibility index (Phi) is 3.01. The lowest BCUT2D eigenvalue weighted by Gasteiger charge is -2.08. The molecule has 0 aliphatic rings. The van der Waals surface area contributed by atoms with Gasteiger partial charge in [0.05, 0.1) is 5.56 Å². The monoisotopic (exact) mass is 201 g/mol. The Labute approximate surface area is 78.1 Å². The number of aldehydes is 1. The van der Waals surface area contributed by atoms with Crippen molar-refractivity contribution >= 4 is 12.4 Å². The van der Waals surface area contributed by atoms with Crippen LogP contribution in [-0.2, 0) is 11.0 Å². The molecule has 0 unspecified atom stereocenters. The molecule has 0 radical (unpaired) electrons. The quantitative estimate of drug-likeness (QED) is 0.542. The number of hydrogen-bond donors (Lipinski definition) is 0. The molecule has 1 rings (SSSR count). The highest BCUT2D eigenvalue weighted by atomic mass is 19.4. The lowest BCUT2D eigenvalue weighted by atomic mass is 10.1. The minimum atomic E-state index is -4.43. The second-order valence-corrected chi connectivity index (χ2v) is 2.46. The van der Waals surface area contributed by atoms with Crippen LogP contribution in [0.2, 0.25) is 0 Å². The van der Waals surface area contributed by atoms with Crippen molar-refractivity contribution in [3.05, 3.63) is 35.7 Å². The Morgan fingerprint density at radius 1 is 1.36 bits per heavy atom. The van der Waals surface area contributed by atoms with Crippen molar-refractivity contribution in [3.8, 4) is 0 Å². The lowest BCUT2D eigenvalue weighted by molar-refractivity contribution is -0.137. The zero-order valence-corrected chi connectivity index (χ0v) is 6.95. The van der Waals surface area contributed by atoms with Gasteiger partial charge in [-0.1, -0.05) is 0 Å². The summed E-state index contributed by atoms with van der Waals surface area (Å²) in [4.78, 5) is 13.5. The highest BCUT2D eigenvalue weighted by Crippen LogP contribution is 2.31. The standard InChI is InChI=1S/C9H6F3NO/c10-9(11,12)8-3-4-13-6-7(8)2-1-5-14/h1-6H. The van der Waals surface area contributed by atoms with Crippen LogP contribution in [0, 0.1) is 0 Å². The number of halogens is 3. The van der Waals surface area contributed by atoms with Crippen molar-refractivity contribution < 1.29 is 18.0 Å². The third-order valence-electron chi connectivity index (χ3n) is 1.51. The number of aromatic nitrogens is 1. The van der Waals surface area contributed by atoms with Gasteiger partial charge in [-0.2, -0.15) is 13.2 Å². The Bertz CT molecular complexity index is 357. The van der Waals surface area contributed by atoms with E-state index < -0.39 is 11.7 Å². The molecule has 2 nitrogen and oxygen atoms in total. The molecule has 0 spiro atoms. The molecular weight excluding hydrogens is 195 g/mol. The summed E-state index contributed by atoms with van der Waals surface area (Å²) in [5.41, 5.74) is -0.919. The Balaban J connectivity index is 3.16. The van der Waals surface area contributed by atoms with Gasteiger partial charge in [-0.25, -0.2) is 0 Å². The molecule has 5 heteroatoms. The number of carbonyl (C=O) groups is 1. The van der Waals surface area contributed by atoms with Crippen molar-refractivity contribution in [2.45, 2.75) is 6.18 Å². The number of rotatable bonds is 2. The molecule has 1 aromatic heterocycles. The zero-order valence-electron chi connectivity index (χ0n) is 6.95. The summed E-state index contributed by atoms with van der Waals surface area (Å²) in [5, 5.41) is 0. The van der Waals surface area contributed by atoms with Crippen molar-refractivity contribution in [2.24, 2.45) is 0 Å². The van der Waals surface area contributed by atoms with Gasteiger partial charge in [0.2, 0.25) is 0 Å². The van der Waals surface area contributed by atoms with Crippen LogP contribution in [-0.4, -0.2) is 11.3 Å². The van der Waals surface area contributed by atoms with Gasteiger partial charge < -0.3 is 0 Å². The number of nitrogens with zero attached hydrogens (tertiary/aromatic N) is 1. The smallest absolute Gasteiger partial charge is 0.299 e. The highest BCUT2D eigenvalue weighted by Gasteiger charge is 2.32. The normalized spacial score (nSPS) is 11.9. The van der Waals surface area contributed by atoms with Crippen molar-refractivity contribution in [1.29, 1.82) is 0 Å². The molecule has 1 aromatic rings. The fourth-order valence-electron chi connectivity index (χ4n) is 0.941. The summed E-state index contributed by atoms with van der Waals surface area (Å²) in [6, 6.07) is 0.866. The highest BCUT2D eigenvalue weighted by molar-refractivity contribution is 5.74. The van der Waals surface area contributed by atoms with E-state index in [9.17, 15) is 18.0 Å². The molecular formula is C9H6F3NO. The molecule has 0 amide bonds. The number of alkyl halides is 3. The molecule has 0 atom stereocenters. The van der Waals surface area contributed by atoms with E-state index >= 15 is 0 Å². The molecule has 0 aromatic carbocycles. The molecule has 0 fully saturated rings. The molecule has 14 heavy (non-hydrogen) atoms. The van der Waals surface area contributed by atoms with Crippen molar-refractivity contribution in [2.75, 3.05) is 0 Å². The fourth-order valence-corrected chi connectivity index (χ4v) is 0.941. The van der Waals surface area contributed by atoms with Gasteiger partial charge in [0.1, 0.15) is 6.29 Å². The average Bonchev–Trinajstić information content (AvgIpc) is 2.14. The second-order valence-electron chi connectivity index (χ2n) is 2.46. The summed E-state index contributed by atoms with van der Waals surface area (Å²) in [6.07, 6.45) is 0.164. The molecule has 0 saturated carbocycles. The van der Waals surface area contributed by atoms with Gasteiger partial charge in [-0.05, 0) is 18.2 Å². The van der Waals surface area contributed by atoms with E-state index in [-0.39, 0.29) is 5.56 Å². The maximum atomic E-state index is 12.3. The van der Waals surface area contributed by atoms with Crippen LogP contribution in [0.4, 0.5) is 13.2 Å². The predicted molar refractivity (Wildman–Crippen MR) is 44.3 cm³/mol. The van der Waals surface area contributed by atoms with Crippen LogP contribution < -0.4 is 0 Å². The SMILES string of the molecule is O=CC=Cc1cnccc1C(F)(F)F. The molecule has 74 valence electrons. The van der Waals surface area contributed by atoms with Crippen LogP contribution in [0.15, 0.2) is 24.5 Å². The van der Waals surface area contributed by atoms with E-state index in [0.717, 1.165) is 30.6 Å². The van der Waals surface area contributed by atoms with Crippen LogP contribution >= 0.6 is 0 Å². The average molecular weight is 201 g/mol. The first-order valence-electron chi connectivity index (χ1n) is 3.69. The van der Waals surface area contributed by atoms with E-state index in [2.05, 4.69) is 4.98 Å². The maximum absolute atomic E-state index is 12.3. The van der Waals surface area contributed by atoms with E-state index in [1.54, 1.807) is 0 Å². The third kappa shape index (κ3) is 2.42. The van der Waals surface area contributed by atoms with Gasteiger partial charge >= 0.3 is 6.18 Å². The van der Waals surface area contributed by atoms with Gasteiger partial charge in [0.25, 0.3) is 0 Å². The molecule has 1 heterocycles. The number of pyridine rings is 1. The summed E-state index contributed by atoms with van der Waals surface area (Å²) in [5.74, 6) is 0. The zero-order chi connectivity index (χ0) is 10.6. The first kappa shape index (κ1) is 10.4. The first-order chi connectivity index (χ1) is 6.55. The van der Waals surface area contributed by atoms with Crippen LogP contribution in [0.1, 0.15) is 11.1 Å². The van der Waals surface area contributed by atoms with Gasteiger partial charge in [0, 0.05) is 18.0 Å². The topological polar surface area (TPSA) is 30.0 Å². The van der Waals surface area contributed by atoms with Crippen LogP contribution in [0.25, 0.3) is 6.08 Å².